The molecule has 2 aromatic heterocycles. The van der Waals surface area contributed by atoms with Gasteiger partial charge in [0, 0.05) is 25.3 Å². The highest BCUT2D eigenvalue weighted by atomic mass is 16.5. The molecule has 5 heteroatoms. The number of furan rings is 1. The van der Waals surface area contributed by atoms with E-state index in [1.165, 1.54) is 0 Å². The second-order valence-electron chi connectivity index (χ2n) is 5.69. The van der Waals surface area contributed by atoms with Gasteiger partial charge >= 0.3 is 0 Å². The normalized spacial score (nSPS) is 22.5. The van der Waals surface area contributed by atoms with E-state index in [1.54, 1.807) is 0 Å². The van der Waals surface area contributed by atoms with E-state index in [1.807, 2.05) is 25.3 Å². The van der Waals surface area contributed by atoms with Gasteiger partial charge < -0.3 is 14.5 Å². The summed E-state index contributed by atoms with van der Waals surface area (Å²) in [7, 11) is 0. The lowest BCUT2D eigenvalue weighted by atomic mass is 10.0. The zero-order valence-electron chi connectivity index (χ0n) is 12.0. The summed E-state index contributed by atoms with van der Waals surface area (Å²) in [6, 6.07) is 3.93. The Morgan fingerprint density at radius 1 is 1.45 bits per heavy atom. The monoisotopic (exact) mass is 275 g/mol. The fraction of sp³-hybridized carbons (Fsp3) is 0.533. The Morgan fingerprint density at radius 2 is 2.35 bits per heavy atom. The molecule has 0 bridgehead atoms. The van der Waals surface area contributed by atoms with E-state index in [0.717, 1.165) is 55.3 Å². The minimum atomic E-state index is -0.0226. The number of nitrogens with one attached hydrogen (secondary N) is 2. The summed E-state index contributed by atoms with van der Waals surface area (Å²) in [5, 5.41) is 10.6. The van der Waals surface area contributed by atoms with Gasteiger partial charge in [-0.25, -0.2) is 0 Å². The van der Waals surface area contributed by atoms with Gasteiger partial charge in [-0.05, 0) is 38.8 Å². The standard InChI is InChI=1S/C15H21N3O2/c1-11-4-5-13(20-11)14-12(9-17-18-14)8-16-10-15(2)6-3-7-19-15/h4-5,9,16H,3,6-8,10H2,1-2H3,(H,17,18). The van der Waals surface area contributed by atoms with E-state index in [0.29, 0.717) is 0 Å². The maximum atomic E-state index is 5.77. The molecule has 1 aliphatic rings. The van der Waals surface area contributed by atoms with Gasteiger partial charge in [-0.2, -0.15) is 5.10 Å². The van der Waals surface area contributed by atoms with Gasteiger partial charge in [0.2, 0.25) is 0 Å². The summed E-state index contributed by atoms with van der Waals surface area (Å²) in [6.45, 7) is 6.59. The van der Waals surface area contributed by atoms with Gasteiger partial charge in [-0.3, -0.25) is 5.10 Å². The molecule has 0 aliphatic carbocycles. The summed E-state index contributed by atoms with van der Waals surface area (Å²) in [4.78, 5) is 0. The van der Waals surface area contributed by atoms with Gasteiger partial charge in [0.05, 0.1) is 11.8 Å². The molecule has 1 fully saturated rings. The predicted octanol–water partition coefficient (Wildman–Crippen LogP) is 2.64. The van der Waals surface area contributed by atoms with Crippen molar-refractivity contribution in [3.8, 4) is 11.5 Å². The van der Waals surface area contributed by atoms with Crippen LogP contribution in [0.2, 0.25) is 0 Å². The van der Waals surface area contributed by atoms with E-state index in [4.69, 9.17) is 9.15 Å². The van der Waals surface area contributed by atoms with E-state index in [9.17, 15) is 0 Å². The number of aromatic amines is 1. The number of ether oxygens (including phenoxy) is 1. The number of hydrogen-bond acceptors (Lipinski definition) is 4. The second kappa shape index (κ2) is 5.42. The lowest BCUT2D eigenvalue weighted by Gasteiger charge is -2.23. The molecule has 5 nitrogen and oxygen atoms in total. The van der Waals surface area contributed by atoms with Crippen LogP contribution in [-0.4, -0.2) is 29.0 Å². The first-order valence-electron chi connectivity index (χ1n) is 7.10. The second-order valence-corrected chi connectivity index (χ2v) is 5.69. The summed E-state index contributed by atoms with van der Waals surface area (Å²) < 4.78 is 11.4. The Labute approximate surface area is 118 Å². The molecule has 3 rings (SSSR count). The van der Waals surface area contributed by atoms with Crippen molar-refractivity contribution in [1.82, 2.24) is 15.5 Å². The average Bonchev–Trinajstić information content (AvgIpc) is 3.11. The largest absolute Gasteiger partial charge is 0.460 e. The zero-order chi connectivity index (χ0) is 14.0. The minimum absolute atomic E-state index is 0.0226. The summed E-state index contributed by atoms with van der Waals surface area (Å²) in [6.07, 6.45) is 4.12. The van der Waals surface area contributed by atoms with Crippen molar-refractivity contribution >= 4 is 0 Å². The Balaban J connectivity index is 1.62. The lowest BCUT2D eigenvalue weighted by molar-refractivity contribution is 0.0207. The summed E-state index contributed by atoms with van der Waals surface area (Å²) >= 11 is 0. The SMILES string of the molecule is Cc1ccc(-c2[nH]ncc2CNCC2(C)CCCO2)o1. The number of aryl methyl sites for hydroxylation is 1. The third-order valence-electron chi connectivity index (χ3n) is 3.82. The van der Waals surface area contributed by atoms with Crippen LogP contribution >= 0.6 is 0 Å². The number of nitrogens with zero attached hydrogens (tertiary/aromatic N) is 1. The van der Waals surface area contributed by atoms with Crippen molar-refractivity contribution in [3.05, 3.63) is 29.7 Å². The molecule has 0 aromatic carbocycles. The van der Waals surface area contributed by atoms with Crippen molar-refractivity contribution in [2.45, 2.75) is 38.8 Å². The van der Waals surface area contributed by atoms with Crippen LogP contribution in [0.4, 0.5) is 0 Å². The molecule has 1 saturated heterocycles. The van der Waals surface area contributed by atoms with Crippen molar-refractivity contribution in [3.63, 3.8) is 0 Å². The molecule has 20 heavy (non-hydrogen) atoms. The molecule has 2 aromatic rings. The predicted molar refractivity (Wildman–Crippen MR) is 76.3 cm³/mol. The molecule has 0 radical (unpaired) electrons. The third kappa shape index (κ3) is 2.78. The van der Waals surface area contributed by atoms with Crippen LogP contribution in [0.25, 0.3) is 11.5 Å². The van der Waals surface area contributed by atoms with Gasteiger partial charge in [0.1, 0.15) is 11.5 Å². The molecule has 2 N–H and O–H groups in total. The molecular formula is C15H21N3O2. The van der Waals surface area contributed by atoms with Gasteiger partial charge in [-0.15, -0.1) is 0 Å². The first-order chi connectivity index (χ1) is 9.66. The summed E-state index contributed by atoms with van der Waals surface area (Å²) in [5.74, 6) is 1.74. The Bertz CT molecular complexity index is 567. The molecular weight excluding hydrogens is 254 g/mol. The molecule has 3 heterocycles. The highest BCUT2D eigenvalue weighted by molar-refractivity contribution is 5.56. The average molecular weight is 275 g/mol. The smallest absolute Gasteiger partial charge is 0.152 e. The first kappa shape index (κ1) is 13.4. The van der Waals surface area contributed by atoms with E-state index in [2.05, 4.69) is 22.4 Å². The van der Waals surface area contributed by atoms with Gasteiger partial charge in [0.15, 0.2) is 5.76 Å². The van der Waals surface area contributed by atoms with Crippen LogP contribution in [0.3, 0.4) is 0 Å². The van der Waals surface area contributed by atoms with E-state index < -0.39 is 0 Å². The van der Waals surface area contributed by atoms with Crippen molar-refractivity contribution in [2.75, 3.05) is 13.2 Å². The highest BCUT2D eigenvalue weighted by Gasteiger charge is 2.29. The first-order valence-corrected chi connectivity index (χ1v) is 7.10. The zero-order valence-corrected chi connectivity index (χ0v) is 12.0. The van der Waals surface area contributed by atoms with Crippen LogP contribution in [-0.2, 0) is 11.3 Å². The fourth-order valence-corrected chi connectivity index (χ4v) is 2.67. The van der Waals surface area contributed by atoms with Crippen LogP contribution in [0.15, 0.2) is 22.7 Å². The minimum Gasteiger partial charge on any atom is -0.460 e. The van der Waals surface area contributed by atoms with Crippen molar-refractivity contribution < 1.29 is 9.15 Å². The fourth-order valence-electron chi connectivity index (χ4n) is 2.67. The molecule has 0 amide bonds. The number of aromatic nitrogens is 2. The van der Waals surface area contributed by atoms with Crippen LogP contribution in [0.5, 0.6) is 0 Å². The van der Waals surface area contributed by atoms with E-state index >= 15 is 0 Å². The topological polar surface area (TPSA) is 63.1 Å². The quantitative estimate of drug-likeness (QED) is 0.880. The van der Waals surface area contributed by atoms with Gasteiger partial charge in [-0.1, -0.05) is 0 Å². The Kier molecular flexibility index (Phi) is 3.63. The van der Waals surface area contributed by atoms with Crippen LogP contribution < -0.4 is 5.32 Å². The molecule has 1 atom stereocenters. The molecule has 1 aliphatic heterocycles. The van der Waals surface area contributed by atoms with E-state index in [-0.39, 0.29) is 5.60 Å². The third-order valence-corrected chi connectivity index (χ3v) is 3.82. The molecule has 1 unspecified atom stereocenters. The summed E-state index contributed by atoms with van der Waals surface area (Å²) in [5.41, 5.74) is 2.04. The Morgan fingerprint density at radius 3 is 3.05 bits per heavy atom. The molecule has 108 valence electrons. The molecule has 0 saturated carbocycles. The number of hydrogen-bond donors (Lipinski definition) is 2. The highest BCUT2D eigenvalue weighted by Crippen LogP contribution is 2.25. The maximum absolute atomic E-state index is 5.77. The maximum Gasteiger partial charge on any atom is 0.152 e. The number of rotatable bonds is 5. The van der Waals surface area contributed by atoms with Crippen molar-refractivity contribution in [2.24, 2.45) is 0 Å². The van der Waals surface area contributed by atoms with Crippen LogP contribution in [0, 0.1) is 6.92 Å². The Hall–Kier alpha value is -1.59. The lowest BCUT2D eigenvalue weighted by Crippen LogP contribution is -2.36. The molecule has 0 spiro atoms. The van der Waals surface area contributed by atoms with Crippen molar-refractivity contribution in [1.29, 1.82) is 0 Å². The van der Waals surface area contributed by atoms with Gasteiger partial charge in [0.25, 0.3) is 0 Å². The number of H-pyrrole nitrogens is 1. The van der Waals surface area contributed by atoms with Crippen LogP contribution in [0.1, 0.15) is 31.1 Å².